The smallest absolute Gasteiger partial charge is 0.305 e. The van der Waals surface area contributed by atoms with Gasteiger partial charge in [-0.2, -0.15) is 0 Å². The Morgan fingerprint density at radius 1 is 0.944 bits per heavy atom. The molecule has 1 unspecified atom stereocenters. The number of nitrogens with zero attached hydrogens (tertiary/aromatic N) is 4. The van der Waals surface area contributed by atoms with Crippen LogP contribution >= 0.6 is 0 Å². The van der Waals surface area contributed by atoms with Crippen molar-refractivity contribution in [1.82, 2.24) is 4.90 Å². The predicted octanol–water partition coefficient (Wildman–Crippen LogP) is 5.16. The molecule has 186 valence electrons. The Morgan fingerprint density at radius 3 is 2.39 bits per heavy atom. The van der Waals surface area contributed by atoms with Crippen molar-refractivity contribution in [1.29, 1.82) is 0 Å². The van der Waals surface area contributed by atoms with E-state index >= 15 is 0 Å². The summed E-state index contributed by atoms with van der Waals surface area (Å²) in [6, 6.07) is 22.0. The molecule has 2 aliphatic rings. The van der Waals surface area contributed by atoms with Crippen LogP contribution in [0.15, 0.2) is 71.7 Å². The number of hydrogen-bond acceptors (Lipinski definition) is 6. The molecule has 0 amide bonds. The van der Waals surface area contributed by atoms with Crippen molar-refractivity contribution in [2.75, 3.05) is 43.1 Å². The van der Waals surface area contributed by atoms with Crippen molar-refractivity contribution >= 4 is 29.0 Å². The maximum atomic E-state index is 12.1. The number of rotatable bonds is 5. The molecule has 0 aromatic heterocycles. The number of aliphatic carboxylic acids is 1. The summed E-state index contributed by atoms with van der Waals surface area (Å²) in [5.74, 6) is 0.617. The molecule has 0 bridgehead atoms. The average Bonchev–Trinajstić information content (AvgIpc) is 2.88. The molecule has 2 aliphatic heterocycles. The molecule has 0 aliphatic carbocycles. The highest BCUT2D eigenvalue weighted by Crippen LogP contribution is 2.43. The van der Waals surface area contributed by atoms with Crippen molar-refractivity contribution in [2.24, 2.45) is 4.99 Å². The lowest BCUT2D eigenvalue weighted by Gasteiger charge is -2.45. The molecule has 7 heteroatoms. The number of ether oxygens (including phenoxy) is 1. The van der Waals surface area contributed by atoms with Gasteiger partial charge in [-0.15, -0.1) is 0 Å². The zero-order chi connectivity index (χ0) is 25.2. The molecule has 0 spiro atoms. The molecule has 0 radical (unpaired) electrons. The first kappa shape index (κ1) is 23.7. The van der Waals surface area contributed by atoms with E-state index in [-0.39, 0.29) is 6.42 Å². The Morgan fingerprint density at radius 2 is 1.67 bits per heavy atom. The van der Waals surface area contributed by atoms with E-state index in [0.29, 0.717) is 5.75 Å². The third-order valence-corrected chi connectivity index (χ3v) is 6.93. The van der Waals surface area contributed by atoms with Crippen molar-refractivity contribution < 1.29 is 14.6 Å². The lowest BCUT2D eigenvalue weighted by molar-refractivity contribution is -0.137. The minimum Gasteiger partial charge on any atom is -0.495 e. The van der Waals surface area contributed by atoms with Crippen LogP contribution in [0.4, 0.5) is 17.1 Å². The van der Waals surface area contributed by atoms with Crippen molar-refractivity contribution in [3.8, 4) is 5.75 Å². The first-order valence-corrected chi connectivity index (χ1v) is 12.3. The van der Waals surface area contributed by atoms with E-state index in [1.807, 2.05) is 43.3 Å². The fourth-order valence-electron chi connectivity index (χ4n) is 5.15. The first-order chi connectivity index (χ1) is 17.4. The largest absolute Gasteiger partial charge is 0.495 e. The van der Waals surface area contributed by atoms with Crippen LogP contribution in [0.5, 0.6) is 5.75 Å². The van der Waals surface area contributed by atoms with Gasteiger partial charge in [0.25, 0.3) is 0 Å². The van der Waals surface area contributed by atoms with Crippen molar-refractivity contribution in [2.45, 2.75) is 26.3 Å². The number of benzene rings is 3. The highest BCUT2D eigenvalue weighted by molar-refractivity contribution is 6.02. The predicted molar refractivity (Wildman–Crippen MR) is 144 cm³/mol. The first-order valence-electron chi connectivity index (χ1n) is 12.3. The van der Waals surface area contributed by atoms with Crippen molar-refractivity contribution in [3.63, 3.8) is 0 Å². The Hall–Kier alpha value is -4.00. The molecule has 1 fully saturated rings. The van der Waals surface area contributed by atoms with Gasteiger partial charge in [0.1, 0.15) is 5.75 Å². The zero-order valence-corrected chi connectivity index (χ0v) is 21.0. The number of aryl methyl sites for hydroxylation is 2. The summed E-state index contributed by atoms with van der Waals surface area (Å²) < 4.78 is 5.75. The zero-order valence-electron chi connectivity index (χ0n) is 21.0. The Bertz CT molecular complexity index is 1300. The second-order valence-electron chi connectivity index (χ2n) is 9.44. The topological polar surface area (TPSA) is 68.6 Å². The van der Waals surface area contributed by atoms with Gasteiger partial charge in [-0.25, -0.2) is 4.99 Å². The molecule has 1 saturated heterocycles. The van der Waals surface area contributed by atoms with Gasteiger partial charge in [-0.05, 0) is 55.3 Å². The molecule has 7 nitrogen and oxygen atoms in total. The van der Waals surface area contributed by atoms with E-state index in [0.717, 1.165) is 54.6 Å². The maximum Gasteiger partial charge on any atom is 0.305 e. The van der Waals surface area contributed by atoms with Crippen LogP contribution in [0.25, 0.3) is 0 Å². The van der Waals surface area contributed by atoms with Gasteiger partial charge < -0.3 is 24.5 Å². The summed E-state index contributed by atoms with van der Waals surface area (Å²) in [5.41, 5.74) is 6.11. The van der Waals surface area contributed by atoms with Crippen LogP contribution in [0.1, 0.15) is 29.2 Å². The number of guanidine groups is 1. The van der Waals surface area contributed by atoms with E-state index in [2.05, 4.69) is 52.0 Å². The molecule has 1 atom stereocenters. The van der Waals surface area contributed by atoms with Crippen LogP contribution in [0, 0.1) is 13.8 Å². The monoisotopic (exact) mass is 484 g/mol. The molecular formula is C29H32N4O3. The van der Waals surface area contributed by atoms with E-state index in [4.69, 9.17) is 9.73 Å². The van der Waals surface area contributed by atoms with Gasteiger partial charge in [-0.3, -0.25) is 4.79 Å². The average molecular weight is 485 g/mol. The van der Waals surface area contributed by atoms with E-state index in [1.54, 1.807) is 7.11 Å². The van der Waals surface area contributed by atoms with Gasteiger partial charge in [0.05, 0.1) is 30.9 Å². The summed E-state index contributed by atoms with van der Waals surface area (Å²) in [6.45, 7) is 7.41. The highest BCUT2D eigenvalue weighted by Gasteiger charge is 2.37. The summed E-state index contributed by atoms with van der Waals surface area (Å²) >= 11 is 0. The highest BCUT2D eigenvalue weighted by atomic mass is 16.5. The molecule has 36 heavy (non-hydrogen) atoms. The minimum atomic E-state index is -0.850. The SMILES string of the molecule is COc1ccc(C)cc1N1C(N2CCN(c3cccc(C)c3)CC2)=Nc2ccccc2C1CC(=O)O. The summed E-state index contributed by atoms with van der Waals surface area (Å²) in [5, 5.41) is 9.90. The lowest BCUT2D eigenvalue weighted by atomic mass is 9.97. The van der Waals surface area contributed by atoms with E-state index in [9.17, 15) is 9.90 Å². The number of piperazine rings is 1. The van der Waals surface area contributed by atoms with Crippen LogP contribution in [-0.2, 0) is 4.79 Å². The number of fused-ring (bicyclic) bond motifs is 1. The van der Waals surface area contributed by atoms with Crippen LogP contribution in [0.3, 0.4) is 0 Å². The van der Waals surface area contributed by atoms with Gasteiger partial charge in [0, 0.05) is 37.4 Å². The Balaban J connectivity index is 1.55. The van der Waals surface area contributed by atoms with Gasteiger partial charge in [0.15, 0.2) is 0 Å². The summed E-state index contributed by atoms with van der Waals surface area (Å²) in [6.07, 6.45) is -0.0453. The number of carboxylic acid groups (broad SMARTS) is 1. The molecule has 1 N–H and O–H groups in total. The molecule has 5 rings (SSSR count). The number of hydrogen-bond donors (Lipinski definition) is 1. The molecule has 2 heterocycles. The Kier molecular flexibility index (Phi) is 6.55. The van der Waals surface area contributed by atoms with E-state index < -0.39 is 12.0 Å². The standard InChI is InChI=1S/C29H32N4O3/c1-20-7-6-8-22(17-20)31-13-15-32(16-14-31)29-30-24-10-5-4-9-23(24)25(19-28(34)35)33(29)26-18-21(2)11-12-27(26)36-3/h4-12,17-18,25H,13-16,19H2,1-3H3,(H,34,35). The minimum absolute atomic E-state index is 0.0453. The van der Waals surface area contributed by atoms with Crippen LogP contribution in [0.2, 0.25) is 0 Å². The number of aliphatic imine (C=N–C) groups is 1. The molecular weight excluding hydrogens is 452 g/mol. The summed E-state index contributed by atoms with van der Waals surface area (Å²) in [7, 11) is 1.65. The second-order valence-corrected chi connectivity index (χ2v) is 9.44. The van der Waals surface area contributed by atoms with E-state index in [1.165, 1.54) is 11.3 Å². The second kappa shape index (κ2) is 9.93. The van der Waals surface area contributed by atoms with Crippen LogP contribution in [-0.4, -0.2) is 55.2 Å². The molecule has 0 saturated carbocycles. The number of methoxy groups -OCH3 is 1. The lowest BCUT2D eigenvalue weighted by Crippen LogP contribution is -2.55. The fourth-order valence-corrected chi connectivity index (χ4v) is 5.15. The summed E-state index contributed by atoms with van der Waals surface area (Å²) in [4.78, 5) is 23.9. The van der Waals surface area contributed by atoms with Gasteiger partial charge in [-0.1, -0.05) is 36.4 Å². The quantitative estimate of drug-likeness (QED) is 0.540. The van der Waals surface area contributed by atoms with Crippen LogP contribution < -0.4 is 14.5 Å². The fraction of sp³-hybridized carbons (Fsp3) is 0.310. The third kappa shape index (κ3) is 4.61. The van der Waals surface area contributed by atoms with Gasteiger partial charge in [0.2, 0.25) is 5.96 Å². The van der Waals surface area contributed by atoms with Crippen molar-refractivity contribution in [3.05, 3.63) is 83.4 Å². The Labute approximate surface area is 212 Å². The number of para-hydroxylation sites is 1. The maximum absolute atomic E-state index is 12.1. The normalized spacial score (nSPS) is 17.5. The molecule has 3 aromatic rings. The number of carboxylic acids is 1. The molecule has 3 aromatic carbocycles. The van der Waals surface area contributed by atoms with Gasteiger partial charge >= 0.3 is 5.97 Å². The number of carbonyl (C=O) groups is 1. The number of anilines is 2. The third-order valence-electron chi connectivity index (χ3n) is 6.93.